The molecule has 0 aromatic heterocycles. The molecule has 0 bridgehead atoms. The Labute approximate surface area is 140 Å². The fourth-order valence-electron chi connectivity index (χ4n) is 2.59. The maximum atomic E-state index is 12.8. The molecular weight excluding hydrogens is 308 g/mol. The zero-order valence-electron chi connectivity index (χ0n) is 13.3. The van der Waals surface area contributed by atoms with Crippen LogP contribution >= 0.6 is 11.8 Å². The van der Waals surface area contributed by atoms with Gasteiger partial charge in [0.25, 0.3) is 0 Å². The summed E-state index contributed by atoms with van der Waals surface area (Å²) in [4.78, 5) is 13.9. The van der Waals surface area contributed by atoms with Gasteiger partial charge in [-0.15, -0.1) is 11.8 Å². The minimum Gasteiger partial charge on any atom is -0.508 e. The van der Waals surface area contributed by atoms with Gasteiger partial charge in [0.15, 0.2) is 5.60 Å². The molecule has 118 valence electrons. The number of benzene rings is 2. The predicted octanol–water partition coefficient (Wildman–Crippen LogP) is 4.36. The van der Waals surface area contributed by atoms with Gasteiger partial charge < -0.3 is 9.84 Å². The summed E-state index contributed by atoms with van der Waals surface area (Å²) in [5.74, 6) is 0.719. The van der Waals surface area contributed by atoms with Crippen LogP contribution in [-0.4, -0.2) is 22.7 Å². The van der Waals surface area contributed by atoms with Gasteiger partial charge in [-0.1, -0.05) is 24.3 Å². The lowest BCUT2D eigenvalue weighted by atomic mass is 9.92. The summed E-state index contributed by atoms with van der Waals surface area (Å²) >= 11 is 1.67. The Bertz CT molecular complexity index is 771. The minimum absolute atomic E-state index is 0.0490. The number of hydrogen-bond donors (Lipinski definition) is 1. The number of carbonyl (C=O) groups excluding carboxylic acids is 1. The average Bonchev–Trinajstić information content (AvgIpc) is 2.79. The van der Waals surface area contributed by atoms with E-state index in [1.165, 1.54) is 0 Å². The van der Waals surface area contributed by atoms with Crippen molar-refractivity contribution in [3.05, 3.63) is 59.7 Å². The quantitative estimate of drug-likeness (QED) is 0.851. The van der Waals surface area contributed by atoms with Crippen molar-refractivity contribution in [2.45, 2.75) is 24.3 Å². The Morgan fingerprint density at radius 1 is 0.957 bits per heavy atom. The highest BCUT2D eigenvalue weighted by Crippen LogP contribution is 2.41. The highest BCUT2D eigenvalue weighted by molar-refractivity contribution is 7.98. The van der Waals surface area contributed by atoms with E-state index in [0.29, 0.717) is 11.3 Å². The number of aromatic hydroxyl groups is 1. The zero-order valence-corrected chi connectivity index (χ0v) is 14.1. The first-order valence-corrected chi connectivity index (χ1v) is 8.57. The summed E-state index contributed by atoms with van der Waals surface area (Å²) in [5, 5.41) is 9.47. The van der Waals surface area contributed by atoms with Crippen LogP contribution in [0.3, 0.4) is 0 Å². The Morgan fingerprint density at radius 3 is 2.09 bits per heavy atom. The first kappa shape index (κ1) is 15.7. The Hall–Kier alpha value is -2.20. The standard InChI is InChI=1S/C19H18O3S/c1-19(2)18(21)16(12-4-8-14(20)9-5-12)17(22-19)13-6-10-15(23-3)11-7-13/h4-11,20H,1-3H3. The van der Waals surface area contributed by atoms with Crippen molar-refractivity contribution in [2.24, 2.45) is 0 Å². The molecule has 1 aliphatic heterocycles. The number of carbonyl (C=O) groups is 1. The minimum atomic E-state index is -0.888. The third-order valence-electron chi connectivity index (χ3n) is 3.87. The van der Waals surface area contributed by atoms with E-state index in [2.05, 4.69) is 0 Å². The van der Waals surface area contributed by atoms with E-state index < -0.39 is 5.60 Å². The normalized spacial score (nSPS) is 16.6. The summed E-state index contributed by atoms with van der Waals surface area (Å²) in [5.41, 5.74) is 1.31. The molecule has 1 N–H and O–H groups in total. The number of phenolic OH excluding ortho intramolecular Hbond substituents is 1. The summed E-state index contributed by atoms with van der Waals surface area (Å²) in [6.07, 6.45) is 2.02. The van der Waals surface area contributed by atoms with Gasteiger partial charge >= 0.3 is 0 Å². The average molecular weight is 326 g/mol. The largest absolute Gasteiger partial charge is 0.508 e. The summed E-state index contributed by atoms with van der Waals surface area (Å²) in [6, 6.07) is 14.6. The van der Waals surface area contributed by atoms with Gasteiger partial charge in [-0.3, -0.25) is 4.79 Å². The molecule has 4 heteroatoms. The molecule has 0 aliphatic carbocycles. The van der Waals surface area contributed by atoms with Crippen LogP contribution in [0.2, 0.25) is 0 Å². The monoisotopic (exact) mass is 326 g/mol. The molecule has 0 amide bonds. The van der Waals surface area contributed by atoms with Crippen molar-refractivity contribution in [3.8, 4) is 5.75 Å². The van der Waals surface area contributed by atoms with E-state index in [4.69, 9.17) is 4.74 Å². The van der Waals surface area contributed by atoms with Crippen LogP contribution in [0, 0.1) is 0 Å². The van der Waals surface area contributed by atoms with Gasteiger partial charge in [0.1, 0.15) is 11.5 Å². The molecule has 0 radical (unpaired) electrons. The molecule has 0 saturated carbocycles. The molecular formula is C19H18O3S. The number of rotatable bonds is 3. The SMILES string of the molecule is CSc1ccc(C2=C(c3ccc(O)cc3)C(=O)C(C)(C)O2)cc1. The van der Waals surface area contributed by atoms with Gasteiger partial charge in [0.2, 0.25) is 5.78 Å². The molecule has 0 saturated heterocycles. The van der Waals surface area contributed by atoms with Crippen molar-refractivity contribution < 1.29 is 14.6 Å². The molecule has 0 fully saturated rings. The number of Topliss-reactive ketones (excluding diaryl/α,β-unsaturated/α-hetero) is 1. The second-order valence-corrected chi connectivity index (χ2v) is 6.80. The molecule has 2 aromatic rings. The smallest absolute Gasteiger partial charge is 0.210 e. The lowest BCUT2D eigenvalue weighted by Crippen LogP contribution is -2.29. The van der Waals surface area contributed by atoms with E-state index in [0.717, 1.165) is 16.0 Å². The second kappa shape index (κ2) is 5.78. The van der Waals surface area contributed by atoms with Gasteiger partial charge in [-0.05, 0) is 49.9 Å². The van der Waals surface area contributed by atoms with Crippen molar-refractivity contribution in [2.75, 3.05) is 6.26 Å². The number of thioether (sulfide) groups is 1. The van der Waals surface area contributed by atoms with Crippen LogP contribution in [0.15, 0.2) is 53.4 Å². The van der Waals surface area contributed by atoms with E-state index >= 15 is 0 Å². The molecule has 3 rings (SSSR count). The molecule has 3 nitrogen and oxygen atoms in total. The van der Waals surface area contributed by atoms with E-state index in [-0.39, 0.29) is 11.5 Å². The Morgan fingerprint density at radius 2 is 1.52 bits per heavy atom. The number of hydrogen-bond acceptors (Lipinski definition) is 4. The summed E-state index contributed by atoms with van der Waals surface area (Å²) < 4.78 is 5.98. The molecule has 1 heterocycles. The molecule has 0 atom stereocenters. The van der Waals surface area contributed by atoms with Gasteiger partial charge in [0.05, 0.1) is 5.57 Å². The third kappa shape index (κ3) is 2.86. The lowest BCUT2D eigenvalue weighted by molar-refractivity contribution is -0.125. The van der Waals surface area contributed by atoms with Gasteiger partial charge in [0, 0.05) is 10.5 Å². The molecule has 0 spiro atoms. The van der Waals surface area contributed by atoms with Crippen molar-refractivity contribution in [1.29, 1.82) is 0 Å². The summed E-state index contributed by atoms with van der Waals surface area (Å²) in [7, 11) is 0. The maximum Gasteiger partial charge on any atom is 0.210 e. The highest BCUT2D eigenvalue weighted by atomic mass is 32.2. The molecule has 2 aromatic carbocycles. The van der Waals surface area contributed by atoms with Crippen LogP contribution < -0.4 is 0 Å². The van der Waals surface area contributed by atoms with Gasteiger partial charge in [-0.2, -0.15) is 0 Å². The fourth-order valence-corrected chi connectivity index (χ4v) is 3.00. The highest BCUT2D eigenvalue weighted by Gasteiger charge is 2.42. The molecule has 1 aliphatic rings. The zero-order chi connectivity index (χ0) is 16.6. The first-order chi connectivity index (χ1) is 10.9. The van der Waals surface area contributed by atoms with Crippen LogP contribution in [-0.2, 0) is 9.53 Å². The van der Waals surface area contributed by atoms with Crippen molar-refractivity contribution in [3.63, 3.8) is 0 Å². The third-order valence-corrected chi connectivity index (χ3v) is 4.61. The van der Waals surface area contributed by atoms with Crippen molar-refractivity contribution in [1.82, 2.24) is 0 Å². The van der Waals surface area contributed by atoms with Gasteiger partial charge in [-0.25, -0.2) is 0 Å². The van der Waals surface area contributed by atoms with E-state index in [1.54, 1.807) is 49.9 Å². The lowest BCUT2D eigenvalue weighted by Gasteiger charge is -2.17. The van der Waals surface area contributed by atoms with Crippen molar-refractivity contribution >= 4 is 28.9 Å². The van der Waals surface area contributed by atoms with Crippen LogP contribution in [0.25, 0.3) is 11.3 Å². The number of phenols is 1. The Kier molecular flexibility index (Phi) is 3.94. The molecule has 0 unspecified atom stereocenters. The second-order valence-electron chi connectivity index (χ2n) is 5.92. The first-order valence-electron chi connectivity index (χ1n) is 7.34. The predicted molar refractivity (Wildman–Crippen MR) is 93.3 cm³/mol. The van der Waals surface area contributed by atoms with Crippen LogP contribution in [0.4, 0.5) is 0 Å². The fraction of sp³-hybridized carbons (Fsp3) is 0.211. The molecule has 23 heavy (non-hydrogen) atoms. The maximum absolute atomic E-state index is 12.8. The van der Waals surface area contributed by atoms with Crippen LogP contribution in [0.1, 0.15) is 25.0 Å². The van der Waals surface area contributed by atoms with E-state index in [9.17, 15) is 9.90 Å². The topological polar surface area (TPSA) is 46.5 Å². The van der Waals surface area contributed by atoms with Crippen LogP contribution in [0.5, 0.6) is 5.75 Å². The summed E-state index contributed by atoms with van der Waals surface area (Å²) in [6.45, 7) is 3.55. The van der Waals surface area contributed by atoms with E-state index in [1.807, 2.05) is 30.5 Å². The number of ether oxygens (including phenoxy) is 1. The number of ketones is 1. The Balaban J connectivity index is 2.14.